The molecule has 0 aromatic heterocycles. The van der Waals surface area contributed by atoms with Crippen LogP contribution in [0.2, 0.25) is 0 Å². The molecule has 0 spiro atoms. The molecule has 0 bridgehead atoms. The molecule has 0 radical (unpaired) electrons. The molecule has 1 N–H and O–H groups in total. The van der Waals surface area contributed by atoms with Crippen LogP contribution < -0.4 is 5.32 Å². The summed E-state index contributed by atoms with van der Waals surface area (Å²) in [5, 5.41) is 3.36. The number of allylic oxidation sites excluding steroid dienone is 1. The lowest BCUT2D eigenvalue weighted by Crippen LogP contribution is -2.32. The van der Waals surface area contributed by atoms with Crippen LogP contribution >= 0.6 is 0 Å². The molecular formula is C17H23F2N. The molecule has 1 unspecified atom stereocenters. The van der Waals surface area contributed by atoms with Crippen LogP contribution in [-0.4, -0.2) is 12.6 Å². The zero-order valence-corrected chi connectivity index (χ0v) is 12.1. The molecule has 1 aromatic carbocycles. The van der Waals surface area contributed by atoms with Gasteiger partial charge in [-0.25, -0.2) is 8.78 Å². The van der Waals surface area contributed by atoms with Gasteiger partial charge in [0, 0.05) is 11.6 Å². The van der Waals surface area contributed by atoms with Gasteiger partial charge in [-0.15, -0.1) is 0 Å². The summed E-state index contributed by atoms with van der Waals surface area (Å²) in [4.78, 5) is 0. The first-order chi connectivity index (χ1) is 9.70. The topological polar surface area (TPSA) is 12.0 Å². The van der Waals surface area contributed by atoms with Gasteiger partial charge in [-0.1, -0.05) is 24.6 Å². The van der Waals surface area contributed by atoms with E-state index < -0.39 is 11.6 Å². The molecule has 0 saturated heterocycles. The number of likely N-dealkylation sites (N-methyl/N-ethyl adjacent to an activating group) is 1. The quantitative estimate of drug-likeness (QED) is 0.762. The third-order valence-electron chi connectivity index (χ3n) is 3.90. The Morgan fingerprint density at radius 3 is 2.50 bits per heavy atom. The largest absolute Gasteiger partial charge is 0.314 e. The second-order valence-electron chi connectivity index (χ2n) is 5.47. The van der Waals surface area contributed by atoms with Crippen molar-refractivity contribution in [3.63, 3.8) is 0 Å². The lowest BCUT2D eigenvalue weighted by molar-refractivity contribution is 0.474. The Labute approximate surface area is 120 Å². The number of halogens is 2. The van der Waals surface area contributed by atoms with E-state index >= 15 is 0 Å². The molecule has 0 amide bonds. The van der Waals surface area contributed by atoms with E-state index in [9.17, 15) is 8.78 Å². The molecule has 0 fully saturated rings. The molecule has 110 valence electrons. The second-order valence-corrected chi connectivity index (χ2v) is 5.47. The summed E-state index contributed by atoms with van der Waals surface area (Å²) < 4.78 is 27.5. The molecule has 1 aliphatic rings. The van der Waals surface area contributed by atoms with Gasteiger partial charge in [0.25, 0.3) is 0 Å². The highest BCUT2D eigenvalue weighted by atomic mass is 19.1. The first kappa shape index (κ1) is 15.2. The summed E-state index contributed by atoms with van der Waals surface area (Å²) in [6.07, 6.45) is 8.36. The molecule has 3 heteroatoms. The van der Waals surface area contributed by atoms with Crippen LogP contribution in [0.4, 0.5) is 8.78 Å². The van der Waals surface area contributed by atoms with E-state index in [2.05, 4.69) is 11.4 Å². The Bertz CT molecular complexity index is 448. The number of rotatable bonds is 6. The average Bonchev–Trinajstić information content (AvgIpc) is 2.44. The average molecular weight is 279 g/mol. The van der Waals surface area contributed by atoms with Crippen LogP contribution in [0.3, 0.4) is 0 Å². The van der Waals surface area contributed by atoms with Crippen molar-refractivity contribution in [2.75, 3.05) is 6.54 Å². The summed E-state index contributed by atoms with van der Waals surface area (Å²) in [5.74, 6) is -0.879. The highest BCUT2D eigenvalue weighted by Gasteiger charge is 2.17. The molecule has 1 nitrogen and oxygen atoms in total. The molecule has 1 aromatic rings. The summed E-state index contributed by atoms with van der Waals surface area (Å²) in [6, 6.07) is 4.19. The number of hydrogen-bond donors (Lipinski definition) is 1. The Kier molecular flexibility index (Phi) is 5.72. The van der Waals surface area contributed by atoms with E-state index in [-0.39, 0.29) is 11.6 Å². The van der Waals surface area contributed by atoms with Gasteiger partial charge in [0.05, 0.1) is 0 Å². The van der Waals surface area contributed by atoms with Crippen LogP contribution in [-0.2, 0) is 6.42 Å². The monoisotopic (exact) mass is 279 g/mol. The molecule has 0 saturated carbocycles. The molecule has 2 rings (SSSR count). The van der Waals surface area contributed by atoms with Crippen molar-refractivity contribution in [3.8, 4) is 0 Å². The SMILES string of the molecule is CCNC(CC1=CCCCC1)Cc1c(F)cccc1F. The van der Waals surface area contributed by atoms with Crippen molar-refractivity contribution in [2.24, 2.45) is 0 Å². The fraction of sp³-hybridized carbons (Fsp3) is 0.529. The highest BCUT2D eigenvalue weighted by molar-refractivity contribution is 5.21. The highest BCUT2D eigenvalue weighted by Crippen LogP contribution is 2.23. The first-order valence-corrected chi connectivity index (χ1v) is 7.55. The summed E-state index contributed by atoms with van der Waals surface area (Å²) in [7, 11) is 0. The van der Waals surface area contributed by atoms with Gasteiger partial charge in [0.2, 0.25) is 0 Å². The van der Waals surface area contributed by atoms with Gasteiger partial charge in [-0.05, 0) is 57.2 Å². The van der Waals surface area contributed by atoms with E-state index in [1.54, 1.807) is 0 Å². The number of benzene rings is 1. The Hall–Kier alpha value is -1.22. The van der Waals surface area contributed by atoms with Gasteiger partial charge < -0.3 is 5.32 Å². The van der Waals surface area contributed by atoms with Gasteiger partial charge >= 0.3 is 0 Å². The smallest absolute Gasteiger partial charge is 0.129 e. The first-order valence-electron chi connectivity index (χ1n) is 7.55. The molecule has 1 aliphatic carbocycles. The van der Waals surface area contributed by atoms with E-state index in [4.69, 9.17) is 0 Å². The van der Waals surface area contributed by atoms with Gasteiger partial charge in [0.15, 0.2) is 0 Å². The zero-order valence-electron chi connectivity index (χ0n) is 12.1. The van der Waals surface area contributed by atoms with E-state index in [1.807, 2.05) is 6.92 Å². The second kappa shape index (κ2) is 7.53. The van der Waals surface area contributed by atoms with E-state index in [0.29, 0.717) is 6.42 Å². The third kappa shape index (κ3) is 4.14. The maximum absolute atomic E-state index is 13.7. The normalized spacial score (nSPS) is 16.9. The van der Waals surface area contributed by atoms with E-state index in [1.165, 1.54) is 36.6 Å². The van der Waals surface area contributed by atoms with Gasteiger partial charge in [-0.2, -0.15) is 0 Å². The molecular weight excluding hydrogens is 256 g/mol. The third-order valence-corrected chi connectivity index (χ3v) is 3.90. The predicted molar refractivity (Wildman–Crippen MR) is 78.7 cm³/mol. The van der Waals surface area contributed by atoms with Gasteiger partial charge in [0.1, 0.15) is 11.6 Å². The van der Waals surface area contributed by atoms with Crippen LogP contribution in [0.1, 0.15) is 44.6 Å². The van der Waals surface area contributed by atoms with Crippen molar-refractivity contribution < 1.29 is 8.78 Å². The Morgan fingerprint density at radius 1 is 1.15 bits per heavy atom. The van der Waals surface area contributed by atoms with Crippen LogP contribution in [0.15, 0.2) is 29.8 Å². The van der Waals surface area contributed by atoms with E-state index in [0.717, 1.165) is 25.8 Å². The minimum absolute atomic E-state index is 0.107. The maximum atomic E-state index is 13.7. The van der Waals surface area contributed by atoms with Crippen LogP contribution in [0.5, 0.6) is 0 Å². The minimum atomic E-state index is -0.439. The van der Waals surface area contributed by atoms with Crippen LogP contribution in [0, 0.1) is 11.6 Å². The molecule has 1 atom stereocenters. The van der Waals surface area contributed by atoms with Crippen molar-refractivity contribution in [2.45, 2.75) is 51.5 Å². The summed E-state index contributed by atoms with van der Waals surface area (Å²) in [5.41, 5.74) is 1.63. The van der Waals surface area contributed by atoms with Crippen molar-refractivity contribution >= 4 is 0 Å². The predicted octanol–water partition coefficient (Wildman–Crippen LogP) is 4.38. The lowest BCUT2D eigenvalue weighted by Gasteiger charge is -2.22. The van der Waals surface area contributed by atoms with Crippen molar-refractivity contribution in [1.82, 2.24) is 5.32 Å². The maximum Gasteiger partial charge on any atom is 0.129 e. The number of nitrogens with one attached hydrogen (secondary N) is 1. The Morgan fingerprint density at radius 2 is 1.90 bits per heavy atom. The standard InChI is InChI=1S/C17H23F2N/c1-2-20-14(11-13-7-4-3-5-8-13)12-15-16(18)9-6-10-17(15)19/h6-7,9-10,14,20H,2-5,8,11-12H2,1H3. The van der Waals surface area contributed by atoms with Crippen molar-refractivity contribution in [3.05, 3.63) is 47.0 Å². The summed E-state index contributed by atoms with van der Waals surface area (Å²) in [6.45, 7) is 2.84. The van der Waals surface area contributed by atoms with Crippen molar-refractivity contribution in [1.29, 1.82) is 0 Å². The summed E-state index contributed by atoms with van der Waals surface area (Å²) >= 11 is 0. The lowest BCUT2D eigenvalue weighted by atomic mass is 9.91. The van der Waals surface area contributed by atoms with Crippen LogP contribution in [0.25, 0.3) is 0 Å². The Balaban J connectivity index is 2.06. The molecule has 0 aliphatic heterocycles. The molecule has 0 heterocycles. The zero-order chi connectivity index (χ0) is 14.4. The fourth-order valence-electron chi connectivity index (χ4n) is 2.89. The van der Waals surface area contributed by atoms with Gasteiger partial charge in [-0.3, -0.25) is 0 Å². The fourth-order valence-corrected chi connectivity index (χ4v) is 2.89. The molecule has 20 heavy (non-hydrogen) atoms. The minimum Gasteiger partial charge on any atom is -0.314 e. The number of hydrogen-bond acceptors (Lipinski definition) is 1.